The Kier molecular flexibility index (Phi) is 2.70. The van der Waals surface area contributed by atoms with E-state index in [0.29, 0.717) is 16.8 Å². The van der Waals surface area contributed by atoms with Crippen LogP contribution in [0.3, 0.4) is 0 Å². The second-order valence-electron chi connectivity index (χ2n) is 5.64. The van der Waals surface area contributed by atoms with Gasteiger partial charge in [-0.15, -0.1) is 0 Å². The quantitative estimate of drug-likeness (QED) is 0.641. The molecule has 0 unspecified atom stereocenters. The number of rotatable bonds is 1. The zero-order chi connectivity index (χ0) is 15.3. The van der Waals surface area contributed by atoms with Crippen LogP contribution < -0.4 is 0 Å². The first kappa shape index (κ1) is 12.9. The Morgan fingerprint density at radius 2 is 1.55 bits per heavy atom. The summed E-state index contributed by atoms with van der Waals surface area (Å²) in [5.41, 5.74) is 3.50. The summed E-state index contributed by atoms with van der Waals surface area (Å²) in [6.45, 7) is 2.02. The lowest BCUT2D eigenvalue weighted by Crippen LogP contribution is -2.14. The minimum atomic E-state index is -0.803. The van der Waals surface area contributed by atoms with Gasteiger partial charge >= 0.3 is 0 Å². The van der Waals surface area contributed by atoms with Gasteiger partial charge < -0.3 is 0 Å². The number of nitrogens with zero attached hydrogens (tertiary/aromatic N) is 1. The standard InChI is InChI=1S/C19H13NO2/c1-11-6-8-15-12(10-11)7-9-16(20-15)17-18(21)13-4-2-3-5-14(13)19(17)22/h2-10,17H,1H3. The number of fused-ring (bicyclic) bond motifs is 2. The van der Waals surface area contributed by atoms with Crippen molar-refractivity contribution in [1.82, 2.24) is 4.98 Å². The van der Waals surface area contributed by atoms with Crippen LogP contribution in [0.25, 0.3) is 10.9 Å². The number of Topliss-reactive ketones (excluding diaryl/α,β-unsaturated/α-hetero) is 2. The van der Waals surface area contributed by atoms with E-state index in [4.69, 9.17) is 0 Å². The fourth-order valence-corrected chi connectivity index (χ4v) is 3.03. The maximum atomic E-state index is 12.5. The second kappa shape index (κ2) is 4.60. The van der Waals surface area contributed by atoms with Crippen LogP contribution in [0.15, 0.2) is 54.6 Å². The molecule has 1 aliphatic carbocycles. The molecule has 0 radical (unpaired) electrons. The Morgan fingerprint density at radius 1 is 0.864 bits per heavy atom. The predicted molar refractivity (Wildman–Crippen MR) is 84.3 cm³/mol. The van der Waals surface area contributed by atoms with Gasteiger partial charge in [0, 0.05) is 16.5 Å². The van der Waals surface area contributed by atoms with Crippen LogP contribution in [-0.4, -0.2) is 16.6 Å². The van der Waals surface area contributed by atoms with E-state index in [0.717, 1.165) is 16.5 Å². The van der Waals surface area contributed by atoms with Gasteiger partial charge in [-0.05, 0) is 25.1 Å². The van der Waals surface area contributed by atoms with Crippen LogP contribution in [0.2, 0.25) is 0 Å². The molecule has 22 heavy (non-hydrogen) atoms. The van der Waals surface area contributed by atoms with Gasteiger partial charge in [-0.3, -0.25) is 14.6 Å². The van der Waals surface area contributed by atoms with Crippen molar-refractivity contribution in [2.24, 2.45) is 0 Å². The minimum Gasteiger partial charge on any atom is -0.293 e. The average Bonchev–Trinajstić information content (AvgIpc) is 2.79. The molecule has 0 spiro atoms. The average molecular weight is 287 g/mol. The fraction of sp³-hybridized carbons (Fsp3) is 0.105. The summed E-state index contributed by atoms with van der Waals surface area (Å²) in [4.78, 5) is 29.6. The second-order valence-corrected chi connectivity index (χ2v) is 5.64. The van der Waals surface area contributed by atoms with E-state index in [-0.39, 0.29) is 11.6 Å². The number of hydrogen-bond donors (Lipinski definition) is 0. The lowest BCUT2D eigenvalue weighted by atomic mass is 9.98. The molecule has 106 valence electrons. The third-order valence-corrected chi connectivity index (χ3v) is 4.14. The van der Waals surface area contributed by atoms with Gasteiger partial charge in [0.15, 0.2) is 11.6 Å². The van der Waals surface area contributed by atoms with Gasteiger partial charge in [-0.25, -0.2) is 0 Å². The first-order chi connectivity index (χ1) is 10.6. The molecule has 3 nitrogen and oxygen atoms in total. The summed E-state index contributed by atoms with van der Waals surface area (Å²) in [5.74, 6) is -1.11. The number of ketones is 2. The smallest absolute Gasteiger partial charge is 0.180 e. The van der Waals surface area contributed by atoms with E-state index in [2.05, 4.69) is 4.98 Å². The van der Waals surface area contributed by atoms with Crippen molar-refractivity contribution in [2.75, 3.05) is 0 Å². The molecule has 0 bridgehead atoms. The third kappa shape index (κ3) is 1.79. The molecule has 4 rings (SSSR count). The molecular weight excluding hydrogens is 274 g/mol. The maximum absolute atomic E-state index is 12.5. The molecule has 1 aromatic heterocycles. The molecule has 0 saturated carbocycles. The highest BCUT2D eigenvalue weighted by Gasteiger charge is 2.40. The van der Waals surface area contributed by atoms with Crippen molar-refractivity contribution in [3.8, 4) is 0 Å². The molecule has 3 aromatic rings. The van der Waals surface area contributed by atoms with Crippen molar-refractivity contribution < 1.29 is 9.59 Å². The van der Waals surface area contributed by atoms with Crippen LogP contribution in [0, 0.1) is 6.92 Å². The van der Waals surface area contributed by atoms with E-state index in [1.165, 1.54) is 0 Å². The SMILES string of the molecule is Cc1ccc2nc(C3C(=O)c4ccccc4C3=O)ccc2c1. The largest absolute Gasteiger partial charge is 0.293 e. The fourth-order valence-electron chi connectivity index (χ4n) is 3.03. The van der Waals surface area contributed by atoms with E-state index in [1.807, 2.05) is 31.2 Å². The minimum absolute atomic E-state index is 0.153. The van der Waals surface area contributed by atoms with Crippen molar-refractivity contribution in [3.63, 3.8) is 0 Å². The molecule has 0 fully saturated rings. The first-order valence-electron chi connectivity index (χ1n) is 7.20. The molecule has 1 heterocycles. The summed E-state index contributed by atoms with van der Waals surface area (Å²) < 4.78 is 0. The van der Waals surface area contributed by atoms with E-state index >= 15 is 0 Å². The number of carbonyl (C=O) groups is 2. The molecule has 0 N–H and O–H groups in total. The number of aryl methyl sites for hydroxylation is 1. The summed E-state index contributed by atoms with van der Waals surface area (Å²) in [6.07, 6.45) is 0. The maximum Gasteiger partial charge on any atom is 0.180 e. The van der Waals surface area contributed by atoms with Crippen LogP contribution in [0.1, 0.15) is 37.9 Å². The Balaban J connectivity index is 1.85. The van der Waals surface area contributed by atoms with Crippen molar-refractivity contribution in [2.45, 2.75) is 12.8 Å². The Hall–Kier alpha value is -2.81. The zero-order valence-electron chi connectivity index (χ0n) is 12.0. The summed E-state index contributed by atoms with van der Waals surface area (Å²) in [5, 5.41) is 1.01. The molecule has 2 aromatic carbocycles. The van der Waals surface area contributed by atoms with Gasteiger partial charge in [0.25, 0.3) is 0 Å². The van der Waals surface area contributed by atoms with Gasteiger partial charge in [0.2, 0.25) is 0 Å². The van der Waals surface area contributed by atoms with Crippen molar-refractivity contribution in [3.05, 3.63) is 77.0 Å². The van der Waals surface area contributed by atoms with E-state index in [9.17, 15) is 9.59 Å². The summed E-state index contributed by atoms with van der Waals surface area (Å²) in [7, 11) is 0. The van der Waals surface area contributed by atoms with Crippen molar-refractivity contribution >= 4 is 22.5 Å². The molecule has 0 aliphatic heterocycles. The molecule has 0 amide bonds. The highest BCUT2D eigenvalue weighted by Crippen LogP contribution is 2.33. The topological polar surface area (TPSA) is 47.0 Å². The number of benzene rings is 2. The lowest BCUT2D eigenvalue weighted by Gasteiger charge is -2.08. The normalized spacial score (nSPS) is 14.6. The predicted octanol–water partition coefficient (Wildman–Crippen LogP) is 3.71. The molecular formula is C19H13NO2. The number of aromatic nitrogens is 1. The Labute approximate surface area is 127 Å². The first-order valence-corrected chi connectivity index (χ1v) is 7.20. The molecule has 3 heteroatoms. The summed E-state index contributed by atoms with van der Waals surface area (Å²) in [6, 6.07) is 16.6. The monoisotopic (exact) mass is 287 g/mol. The number of pyridine rings is 1. The van der Waals surface area contributed by atoms with Gasteiger partial charge in [-0.1, -0.05) is 42.0 Å². The zero-order valence-corrected chi connectivity index (χ0v) is 12.0. The Bertz CT molecular complexity index is 908. The molecule has 0 saturated heterocycles. The van der Waals surface area contributed by atoms with Crippen LogP contribution >= 0.6 is 0 Å². The lowest BCUT2D eigenvalue weighted by molar-refractivity contribution is 0.0888. The van der Waals surface area contributed by atoms with Gasteiger partial charge in [0.1, 0.15) is 5.92 Å². The highest BCUT2D eigenvalue weighted by molar-refractivity contribution is 6.29. The number of carbonyl (C=O) groups excluding carboxylic acids is 2. The highest BCUT2D eigenvalue weighted by atomic mass is 16.2. The molecule has 1 aliphatic rings. The Morgan fingerprint density at radius 3 is 2.23 bits per heavy atom. The van der Waals surface area contributed by atoms with Gasteiger partial charge in [-0.2, -0.15) is 0 Å². The van der Waals surface area contributed by atoms with Crippen LogP contribution in [-0.2, 0) is 0 Å². The van der Waals surface area contributed by atoms with Crippen molar-refractivity contribution in [1.29, 1.82) is 0 Å². The van der Waals surface area contributed by atoms with Crippen LogP contribution in [0.4, 0.5) is 0 Å². The van der Waals surface area contributed by atoms with E-state index in [1.54, 1.807) is 30.3 Å². The van der Waals surface area contributed by atoms with Crippen LogP contribution in [0.5, 0.6) is 0 Å². The van der Waals surface area contributed by atoms with E-state index < -0.39 is 5.92 Å². The number of hydrogen-bond acceptors (Lipinski definition) is 3. The van der Waals surface area contributed by atoms with Gasteiger partial charge in [0.05, 0.1) is 11.2 Å². The summed E-state index contributed by atoms with van der Waals surface area (Å²) >= 11 is 0. The molecule has 0 atom stereocenters. The third-order valence-electron chi connectivity index (χ3n) is 4.14.